The zero-order chi connectivity index (χ0) is 22.1. The molecule has 32 heavy (non-hydrogen) atoms. The summed E-state index contributed by atoms with van der Waals surface area (Å²) in [6.07, 6.45) is 1.63. The van der Waals surface area contributed by atoms with Crippen LogP contribution in [0.1, 0.15) is 27.2 Å². The summed E-state index contributed by atoms with van der Waals surface area (Å²) in [5, 5.41) is 3.36. The van der Waals surface area contributed by atoms with Gasteiger partial charge in [0.05, 0.1) is 30.8 Å². The van der Waals surface area contributed by atoms with Crippen molar-refractivity contribution in [1.82, 2.24) is 19.8 Å². The summed E-state index contributed by atoms with van der Waals surface area (Å²) in [6, 6.07) is 9.75. The lowest BCUT2D eigenvalue weighted by Crippen LogP contribution is -2.36. The van der Waals surface area contributed by atoms with E-state index in [0.717, 1.165) is 29.9 Å². The Hall–Kier alpha value is -3.23. The number of nitrogens with zero attached hydrogens (tertiary/aromatic N) is 3. The van der Waals surface area contributed by atoms with E-state index in [1.807, 2.05) is 35.8 Å². The van der Waals surface area contributed by atoms with E-state index >= 15 is 0 Å². The van der Waals surface area contributed by atoms with E-state index in [4.69, 9.17) is 9.47 Å². The first-order chi connectivity index (χ1) is 15.6. The summed E-state index contributed by atoms with van der Waals surface area (Å²) in [5.41, 5.74) is 3.40. The van der Waals surface area contributed by atoms with Gasteiger partial charge in [0.15, 0.2) is 0 Å². The lowest BCUT2D eigenvalue weighted by molar-refractivity contribution is 0.0336. The molecule has 2 aliphatic rings. The molecule has 8 heteroatoms. The molecule has 1 fully saturated rings. The zero-order valence-corrected chi connectivity index (χ0v) is 18.1. The van der Waals surface area contributed by atoms with Gasteiger partial charge in [0.2, 0.25) is 11.3 Å². The number of ether oxygens (including phenoxy) is 2. The fraction of sp³-hybridized carbons (Fsp3) is 0.375. The monoisotopic (exact) mass is 434 g/mol. The molecule has 1 saturated heterocycles. The molecule has 3 aromatic rings. The molecule has 0 saturated carbocycles. The van der Waals surface area contributed by atoms with Gasteiger partial charge in [-0.15, -0.1) is 0 Å². The molecule has 4 heterocycles. The highest BCUT2D eigenvalue weighted by Crippen LogP contribution is 2.27. The molecule has 0 unspecified atom stereocenters. The Morgan fingerprint density at radius 3 is 2.69 bits per heavy atom. The summed E-state index contributed by atoms with van der Waals surface area (Å²) in [7, 11) is 0. The van der Waals surface area contributed by atoms with Gasteiger partial charge in [-0.05, 0) is 18.6 Å². The molecule has 1 N–H and O–H groups in total. The lowest BCUT2D eigenvalue weighted by atomic mass is 10.1. The lowest BCUT2D eigenvalue weighted by Gasteiger charge is -2.27. The van der Waals surface area contributed by atoms with E-state index in [0.29, 0.717) is 56.2 Å². The summed E-state index contributed by atoms with van der Waals surface area (Å²) >= 11 is 0. The predicted octanol–water partition coefficient (Wildman–Crippen LogP) is 1.86. The van der Waals surface area contributed by atoms with Crippen LogP contribution in [-0.2, 0) is 24.4 Å². The van der Waals surface area contributed by atoms with Gasteiger partial charge in [-0.1, -0.05) is 29.8 Å². The third kappa shape index (κ3) is 4.11. The molecule has 1 amide bonds. The predicted molar refractivity (Wildman–Crippen MR) is 120 cm³/mol. The largest absolute Gasteiger partial charge is 0.474 e. The maximum Gasteiger partial charge on any atom is 0.257 e. The van der Waals surface area contributed by atoms with Crippen molar-refractivity contribution in [3.63, 3.8) is 0 Å². The molecule has 2 aromatic heterocycles. The van der Waals surface area contributed by atoms with E-state index in [1.165, 1.54) is 0 Å². The standard InChI is InChI=1S/C24H26N4O4/c1-16-2-4-17(5-3-16)13-25-23(30)20-15-28-8-11-32-24-21(28)19(22(20)29)12-18(26-24)14-27-6-9-31-10-7-27/h2-5,12,15H,6-11,13-14H2,1H3,(H,25,30). The Balaban J connectivity index is 1.47. The molecule has 166 valence electrons. The molecule has 0 spiro atoms. The van der Waals surface area contributed by atoms with Crippen LogP contribution in [0.3, 0.4) is 0 Å². The van der Waals surface area contributed by atoms with E-state index in [1.54, 1.807) is 12.3 Å². The number of amides is 1. The van der Waals surface area contributed by atoms with E-state index in [-0.39, 0.29) is 16.9 Å². The number of hydrogen-bond donors (Lipinski definition) is 1. The minimum absolute atomic E-state index is 0.140. The molecule has 8 nitrogen and oxygen atoms in total. The van der Waals surface area contributed by atoms with Crippen LogP contribution < -0.4 is 15.5 Å². The van der Waals surface area contributed by atoms with Crippen molar-refractivity contribution in [2.75, 3.05) is 32.9 Å². The fourth-order valence-electron chi connectivity index (χ4n) is 4.17. The van der Waals surface area contributed by atoms with Crippen LogP contribution in [0.4, 0.5) is 0 Å². The van der Waals surface area contributed by atoms with Gasteiger partial charge in [0.25, 0.3) is 5.91 Å². The third-order valence-corrected chi connectivity index (χ3v) is 5.95. The van der Waals surface area contributed by atoms with Crippen molar-refractivity contribution in [3.05, 3.63) is 69.1 Å². The van der Waals surface area contributed by atoms with Crippen LogP contribution in [0.25, 0.3) is 10.9 Å². The number of aromatic nitrogens is 2. The molecule has 5 rings (SSSR count). The van der Waals surface area contributed by atoms with Gasteiger partial charge in [0, 0.05) is 32.4 Å². The summed E-state index contributed by atoms with van der Waals surface area (Å²) < 4.78 is 13.1. The Morgan fingerprint density at radius 1 is 1.12 bits per heavy atom. The van der Waals surface area contributed by atoms with Crippen molar-refractivity contribution < 1.29 is 14.3 Å². The fourth-order valence-corrected chi connectivity index (χ4v) is 4.17. The van der Waals surface area contributed by atoms with Crippen molar-refractivity contribution >= 4 is 16.8 Å². The maximum absolute atomic E-state index is 13.3. The van der Waals surface area contributed by atoms with E-state index in [2.05, 4.69) is 15.2 Å². The van der Waals surface area contributed by atoms with Crippen molar-refractivity contribution in [2.24, 2.45) is 0 Å². The number of benzene rings is 1. The molecule has 0 radical (unpaired) electrons. The van der Waals surface area contributed by atoms with E-state index < -0.39 is 0 Å². The molecule has 0 bridgehead atoms. The number of pyridine rings is 2. The number of nitrogens with one attached hydrogen (secondary N) is 1. The second-order valence-corrected chi connectivity index (χ2v) is 8.29. The average Bonchev–Trinajstić information content (AvgIpc) is 2.81. The summed E-state index contributed by atoms with van der Waals surface area (Å²) in [6.45, 7) is 7.02. The highest BCUT2D eigenvalue weighted by molar-refractivity contribution is 5.98. The van der Waals surface area contributed by atoms with E-state index in [9.17, 15) is 9.59 Å². The number of hydrogen-bond acceptors (Lipinski definition) is 6. The van der Waals surface area contributed by atoms with Gasteiger partial charge >= 0.3 is 0 Å². The van der Waals surface area contributed by atoms with Crippen LogP contribution in [0.15, 0.2) is 41.3 Å². The third-order valence-electron chi connectivity index (χ3n) is 5.95. The summed E-state index contributed by atoms with van der Waals surface area (Å²) in [5.74, 6) is 0.0848. The molecular weight excluding hydrogens is 408 g/mol. The number of carbonyl (C=O) groups excluding carboxylic acids is 1. The van der Waals surface area contributed by atoms with Crippen LogP contribution >= 0.6 is 0 Å². The number of morpholine rings is 1. The molecular formula is C24H26N4O4. The first kappa shape index (κ1) is 20.7. The molecule has 0 atom stereocenters. The normalized spacial score (nSPS) is 16.0. The molecule has 0 aliphatic carbocycles. The average molecular weight is 434 g/mol. The van der Waals surface area contributed by atoms with Gasteiger partial charge < -0.3 is 19.4 Å². The Labute approximate surface area is 185 Å². The first-order valence-electron chi connectivity index (χ1n) is 10.9. The number of carbonyl (C=O) groups is 1. The van der Waals surface area contributed by atoms with Crippen LogP contribution in [0, 0.1) is 6.92 Å². The second kappa shape index (κ2) is 8.72. The molecule has 2 aliphatic heterocycles. The minimum Gasteiger partial charge on any atom is -0.474 e. The molecule has 1 aromatic carbocycles. The topological polar surface area (TPSA) is 85.7 Å². The van der Waals surface area contributed by atoms with Crippen molar-refractivity contribution in [2.45, 2.75) is 26.6 Å². The Bertz CT molecular complexity index is 1210. The van der Waals surface area contributed by atoms with Crippen LogP contribution in [-0.4, -0.2) is 53.3 Å². The Morgan fingerprint density at radius 2 is 1.91 bits per heavy atom. The van der Waals surface area contributed by atoms with Gasteiger partial charge in [-0.2, -0.15) is 0 Å². The second-order valence-electron chi connectivity index (χ2n) is 8.29. The van der Waals surface area contributed by atoms with Crippen molar-refractivity contribution in [3.8, 4) is 5.88 Å². The SMILES string of the molecule is Cc1ccc(CNC(=O)c2cn3c4c(nc(CN5CCOCC5)cc4c2=O)OCC3)cc1. The van der Waals surface area contributed by atoms with Crippen LogP contribution in [0.5, 0.6) is 5.88 Å². The van der Waals surface area contributed by atoms with Gasteiger partial charge in [-0.3, -0.25) is 14.5 Å². The van der Waals surface area contributed by atoms with Gasteiger partial charge in [0.1, 0.15) is 17.7 Å². The zero-order valence-electron chi connectivity index (χ0n) is 18.1. The minimum atomic E-state index is -0.374. The highest BCUT2D eigenvalue weighted by Gasteiger charge is 2.23. The smallest absolute Gasteiger partial charge is 0.257 e. The highest BCUT2D eigenvalue weighted by atomic mass is 16.5. The summed E-state index contributed by atoms with van der Waals surface area (Å²) in [4.78, 5) is 33.2. The van der Waals surface area contributed by atoms with Gasteiger partial charge in [-0.25, -0.2) is 4.98 Å². The first-order valence-corrected chi connectivity index (χ1v) is 10.9. The van der Waals surface area contributed by atoms with Crippen LogP contribution in [0.2, 0.25) is 0 Å². The number of rotatable bonds is 5. The Kier molecular flexibility index (Phi) is 5.63. The quantitative estimate of drug-likeness (QED) is 0.660. The van der Waals surface area contributed by atoms with Crippen molar-refractivity contribution in [1.29, 1.82) is 0 Å². The maximum atomic E-state index is 13.3. The number of aryl methyl sites for hydroxylation is 1.